The highest BCUT2D eigenvalue weighted by atomic mass is 35.5. The van der Waals surface area contributed by atoms with E-state index in [2.05, 4.69) is 0 Å². The topological polar surface area (TPSA) is 0 Å². The van der Waals surface area contributed by atoms with Crippen molar-refractivity contribution in [2.24, 2.45) is 0 Å². The number of rotatable bonds is 2. The molecule has 1 aromatic carbocycles. The molecule has 1 heteroatoms. The minimum Gasteiger partial charge on any atom is -0.122 e. The highest BCUT2D eigenvalue weighted by molar-refractivity contribution is 6.17. The van der Waals surface area contributed by atoms with Crippen LogP contribution in [0.1, 0.15) is 11.1 Å². The molecule has 0 unspecified atom stereocenters. The summed E-state index contributed by atoms with van der Waals surface area (Å²) in [6.07, 6.45) is 1.57. The molecular formula is C9H8Cl. The summed E-state index contributed by atoms with van der Waals surface area (Å²) in [5.41, 5.74) is 2.09. The number of alkyl halides is 1. The molecule has 0 spiro atoms. The summed E-state index contributed by atoms with van der Waals surface area (Å²) in [5, 5.41) is 0. The average Bonchev–Trinajstić information content (AvgIpc) is 2.04. The van der Waals surface area contributed by atoms with Crippen LogP contribution in [0.25, 0.3) is 6.08 Å². The molecule has 0 bridgehead atoms. The van der Waals surface area contributed by atoms with Crippen molar-refractivity contribution in [3.8, 4) is 0 Å². The third-order valence-corrected chi connectivity index (χ3v) is 1.67. The lowest BCUT2D eigenvalue weighted by Crippen LogP contribution is -1.81. The standard InChI is InChI=1S/C9H8Cl/c1-2-8-5-3-4-6-9(8)7-10/h1-6H,7H2. The summed E-state index contributed by atoms with van der Waals surface area (Å²) in [5.74, 6) is 0.518. The van der Waals surface area contributed by atoms with Crippen LogP contribution in [-0.4, -0.2) is 0 Å². The van der Waals surface area contributed by atoms with Gasteiger partial charge in [-0.1, -0.05) is 36.9 Å². The quantitative estimate of drug-likeness (QED) is 0.571. The van der Waals surface area contributed by atoms with Crippen LogP contribution in [0.2, 0.25) is 0 Å². The van der Waals surface area contributed by atoms with E-state index in [0.717, 1.165) is 11.1 Å². The Kier molecular flexibility index (Phi) is 2.52. The van der Waals surface area contributed by atoms with E-state index >= 15 is 0 Å². The fourth-order valence-corrected chi connectivity index (χ4v) is 1.06. The van der Waals surface area contributed by atoms with E-state index in [-0.39, 0.29) is 0 Å². The molecule has 0 amide bonds. The summed E-state index contributed by atoms with van der Waals surface area (Å²) in [7, 11) is 0. The highest BCUT2D eigenvalue weighted by Crippen LogP contribution is 2.11. The minimum absolute atomic E-state index is 0.518. The maximum atomic E-state index is 5.64. The van der Waals surface area contributed by atoms with E-state index in [1.807, 2.05) is 24.3 Å². The van der Waals surface area contributed by atoms with Gasteiger partial charge in [0.1, 0.15) is 0 Å². The third kappa shape index (κ3) is 1.39. The number of halogens is 1. The maximum Gasteiger partial charge on any atom is 0.0480 e. The van der Waals surface area contributed by atoms with Crippen molar-refractivity contribution in [3.05, 3.63) is 42.0 Å². The molecule has 10 heavy (non-hydrogen) atoms. The lowest BCUT2D eigenvalue weighted by atomic mass is 10.1. The van der Waals surface area contributed by atoms with Crippen LogP contribution in [0, 0.1) is 6.58 Å². The predicted molar refractivity (Wildman–Crippen MR) is 44.8 cm³/mol. The van der Waals surface area contributed by atoms with Crippen LogP contribution in [0.5, 0.6) is 0 Å². The Labute approximate surface area is 66.1 Å². The fourth-order valence-electron chi connectivity index (χ4n) is 0.818. The molecule has 0 fully saturated rings. The lowest BCUT2D eigenvalue weighted by molar-refractivity contribution is 1.38. The van der Waals surface area contributed by atoms with E-state index in [1.54, 1.807) is 6.08 Å². The van der Waals surface area contributed by atoms with Crippen molar-refractivity contribution < 1.29 is 0 Å². The van der Waals surface area contributed by atoms with Crippen molar-refractivity contribution >= 4 is 17.7 Å². The van der Waals surface area contributed by atoms with E-state index in [1.165, 1.54) is 0 Å². The fraction of sp³-hybridized carbons (Fsp3) is 0.111. The molecule has 0 aliphatic rings. The normalized spacial score (nSPS) is 9.30. The second-order valence-electron chi connectivity index (χ2n) is 2.00. The summed E-state index contributed by atoms with van der Waals surface area (Å²) < 4.78 is 0. The van der Waals surface area contributed by atoms with Crippen molar-refractivity contribution in [3.63, 3.8) is 0 Å². The molecular weight excluding hydrogens is 144 g/mol. The van der Waals surface area contributed by atoms with Crippen LogP contribution >= 0.6 is 11.6 Å². The molecule has 0 saturated heterocycles. The van der Waals surface area contributed by atoms with Gasteiger partial charge in [0.05, 0.1) is 0 Å². The van der Waals surface area contributed by atoms with Gasteiger partial charge in [0, 0.05) is 5.88 Å². The van der Waals surface area contributed by atoms with Crippen molar-refractivity contribution in [2.75, 3.05) is 0 Å². The van der Waals surface area contributed by atoms with E-state index in [0.29, 0.717) is 5.88 Å². The molecule has 0 aliphatic heterocycles. The molecule has 0 nitrogen and oxygen atoms in total. The van der Waals surface area contributed by atoms with Gasteiger partial charge in [-0.15, -0.1) is 11.6 Å². The van der Waals surface area contributed by atoms with Crippen LogP contribution in [0.3, 0.4) is 0 Å². The third-order valence-electron chi connectivity index (χ3n) is 1.38. The molecule has 0 saturated carbocycles. The van der Waals surface area contributed by atoms with Gasteiger partial charge in [-0.05, 0) is 11.1 Å². The molecule has 1 radical (unpaired) electrons. The van der Waals surface area contributed by atoms with E-state index in [9.17, 15) is 0 Å². The van der Waals surface area contributed by atoms with Crippen molar-refractivity contribution in [1.82, 2.24) is 0 Å². The van der Waals surface area contributed by atoms with E-state index < -0.39 is 0 Å². The second-order valence-corrected chi connectivity index (χ2v) is 2.27. The summed E-state index contributed by atoms with van der Waals surface area (Å²) in [6.45, 7) is 5.34. The first kappa shape index (κ1) is 7.36. The van der Waals surface area contributed by atoms with Gasteiger partial charge in [-0.3, -0.25) is 0 Å². The Balaban J connectivity index is 3.08. The Morgan fingerprint density at radius 3 is 2.60 bits per heavy atom. The van der Waals surface area contributed by atoms with Gasteiger partial charge in [0.25, 0.3) is 0 Å². The molecule has 0 heterocycles. The van der Waals surface area contributed by atoms with E-state index in [4.69, 9.17) is 18.2 Å². The van der Waals surface area contributed by atoms with Gasteiger partial charge in [-0.25, -0.2) is 0 Å². The molecule has 51 valence electrons. The Morgan fingerprint density at radius 2 is 2.10 bits per heavy atom. The minimum atomic E-state index is 0.518. The zero-order valence-corrected chi connectivity index (χ0v) is 6.31. The molecule has 1 aromatic rings. The SMILES string of the molecule is [CH]=Cc1ccccc1CCl. The summed E-state index contributed by atoms with van der Waals surface area (Å²) in [4.78, 5) is 0. The van der Waals surface area contributed by atoms with Crippen LogP contribution in [0.4, 0.5) is 0 Å². The molecule has 0 aromatic heterocycles. The number of hydrogen-bond donors (Lipinski definition) is 0. The monoisotopic (exact) mass is 151 g/mol. The van der Waals surface area contributed by atoms with Gasteiger partial charge in [-0.2, -0.15) is 0 Å². The second kappa shape index (κ2) is 3.43. The van der Waals surface area contributed by atoms with Crippen LogP contribution in [0.15, 0.2) is 24.3 Å². The molecule has 0 N–H and O–H groups in total. The Morgan fingerprint density at radius 1 is 1.40 bits per heavy atom. The first-order chi connectivity index (χ1) is 4.88. The zero-order valence-electron chi connectivity index (χ0n) is 5.55. The van der Waals surface area contributed by atoms with Crippen molar-refractivity contribution in [2.45, 2.75) is 5.88 Å². The highest BCUT2D eigenvalue weighted by Gasteiger charge is 1.93. The maximum absolute atomic E-state index is 5.64. The number of hydrogen-bond acceptors (Lipinski definition) is 0. The summed E-state index contributed by atoms with van der Waals surface area (Å²) >= 11 is 5.64. The Bertz CT molecular complexity index is 228. The smallest absolute Gasteiger partial charge is 0.0480 e. The first-order valence-corrected chi connectivity index (χ1v) is 3.60. The van der Waals surface area contributed by atoms with Crippen LogP contribution < -0.4 is 0 Å². The van der Waals surface area contributed by atoms with Gasteiger partial charge >= 0.3 is 0 Å². The summed E-state index contributed by atoms with van der Waals surface area (Å²) in [6, 6.07) is 7.79. The predicted octanol–water partition coefficient (Wildman–Crippen LogP) is 2.87. The Hall–Kier alpha value is -0.750. The first-order valence-electron chi connectivity index (χ1n) is 3.07. The zero-order chi connectivity index (χ0) is 7.40. The van der Waals surface area contributed by atoms with Gasteiger partial charge in [0.2, 0.25) is 0 Å². The van der Waals surface area contributed by atoms with Crippen molar-refractivity contribution in [1.29, 1.82) is 0 Å². The van der Waals surface area contributed by atoms with Gasteiger partial charge in [0.15, 0.2) is 0 Å². The van der Waals surface area contributed by atoms with Crippen LogP contribution in [-0.2, 0) is 5.88 Å². The molecule has 0 atom stereocenters. The average molecular weight is 152 g/mol. The molecule has 1 rings (SSSR count). The lowest BCUT2D eigenvalue weighted by Gasteiger charge is -1.98. The largest absolute Gasteiger partial charge is 0.122 e. The molecule has 0 aliphatic carbocycles. The van der Waals surface area contributed by atoms with Gasteiger partial charge < -0.3 is 0 Å². The number of benzene rings is 1.